The third kappa shape index (κ3) is 3.36. The van der Waals surface area contributed by atoms with Crippen LogP contribution >= 0.6 is 0 Å². The Hall–Kier alpha value is -1.78. The Morgan fingerprint density at radius 3 is 2.47 bits per heavy atom. The molecule has 0 amide bonds. The first-order valence-corrected chi connectivity index (χ1v) is 6.57. The first kappa shape index (κ1) is 13.6. The molecule has 1 aromatic rings. The van der Waals surface area contributed by atoms with Crippen molar-refractivity contribution < 1.29 is 19.0 Å². The fourth-order valence-electron chi connectivity index (χ4n) is 2.38. The van der Waals surface area contributed by atoms with E-state index in [1.165, 1.54) is 12.8 Å². The highest BCUT2D eigenvalue weighted by molar-refractivity contribution is 5.89. The fourth-order valence-corrected chi connectivity index (χ4v) is 2.38. The quantitative estimate of drug-likeness (QED) is 0.651. The second-order valence-corrected chi connectivity index (χ2v) is 4.91. The molecule has 1 saturated carbocycles. The summed E-state index contributed by atoms with van der Waals surface area (Å²) in [6.45, 7) is 0. The number of nitrogens with two attached hydrogens (primary N) is 1. The lowest BCUT2D eigenvalue weighted by Gasteiger charge is -2.18. The molecule has 19 heavy (non-hydrogen) atoms. The van der Waals surface area contributed by atoms with Gasteiger partial charge in [-0.2, -0.15) is 0 Å². The van der Waals surface area contributed by atoms with Crippen LogP contribution in [0.25, 0.3) is 0 Å². The van der Waals surface area contributed by atoms with Crippen LogP contribution in [0.1, 0.15) is 48.9 Å². The molecule has 3 N–H and O–H groups in total. The molecule has 0 heterocycles. The zero-order valence-corrected chi connectivity index (χ0v) is 10.7. The van der Waals surface area contributed by atoms with Crippen LogP contribution in [-0.2, 0) is 0 Å². The van der Waals surface area contributed by atoms with Gasteiger partial charge in [-0.15, -0.1) is 0 Å². The molecular weight excluding hydrogens is 249 g/mol. The lowest BCUT2D eigenvalue weighted by molar-refractivity contribution is 0.0692. The highest BCUT2D eigenvalue weighted by Gasteiger charge is 2.18. The maximum atomic E-state index is 13.6. The molecule has 0 unspecified atom stereocenters. The van der Waals surface area contributed by atoms with Crippen molar-refractivity contribution in [1.82, 2.24) is 0 Å². The van der Waals surface area contributed by atoms with Gasteiger partial charge in [0.2, 0.25) is 0 Å². The van der Waals surface area contributed by atoms with E-state index in [-0.39, 0.29) is 17.5 Å². The summed E-state index contributed by atoms with van der Waals surface area (Å²) >= 11 is 0. The number of carboxylic acid groups (broad SMARTS) is 1. The fraction of sp³-hybridized carbons (Fsp3) is 0.500. The van der Waals surface area contributed by atoms with E-state index in [1.54, 1.807) is 0 Å². The van der Waals surface area contributed by atoms with Gasteiger partial charge in [0, 0.05) is 6.07 Å². The van der Waals surface area contributed by atoms with Crippen molar-refractivity contribution in [2.45, 2.75) is 44.6 Å². The van der Waals surface area contributed by atoms with Gasteiger partial charge in [0.05, 0.1) is 17.4 Å². The monoisotopic (exact) mass is 267 g/mol. The van der Waals surface area contributed by atoms with Crippen LogP contribution in [0.15, 0.2) is 12.1 Å². The van der Waals surface area contributed by atoms with Gasteiger partial charge in [-0.1, -0.05) is 12.8 Å². The molecule has 0 spiro atoms. The summed E-state index contributed by atoms with van der Waals surface area (Å²) in [5.41, 5.74) is 5.47. The number of hydrogen-bond donors (Lipinski definition) is 2. The summed E-state index contributed by atoms with van der Waals surface area (Å²) < 4.78 is 19.3. The largest absolute Gasteiger partial charge is 0.488 e. The van der Waals surface area contributed by atoms with Gasteiger partial charge in [0.15, 0.2) is 0 Å². The number of nitrogen functional groups attached to an aromatic ring is 1. The van der Waals surface area contributed by atoms with Crippen molar-refractivity contribution in [2.24, 2.45) is 0 Å². The van der Waals surface area contributed by atoms with Crippen molar-refractivity contribution in [3.05, 3.63) is 23.5 Å². The van der Waals surface area contributed by atoms with Crippen LogP contribution in [0.2, 0.25) is 0 Å². The third-order valence-corrected chi connectivity index (χ3v) is 3.43. The number of benzene rings is 1. The van der Waals surface area contributed by atoms with Crippen molar-refractivity contribution >= 4 is 11.7 Å². The molecule has 0 aliphatic heterocycles. The van der Waals surface area contributed by atoms with E-state index < -0.39 is 17.3 Å². The van der Waals surface area contributed by atoms with Crippen molar-refractivity contribution in [1.29, 1.82) is 0 Å². The second-order valence-electron chi connectivity index (χ2n) is 4.91. The molecular formula is C14H18FNO3. The Balaban J connectivity index is 2.16. The molecule has 1 aliphatic carbocycles. The highest BCUT2D eigenvalue weighted by Crippen LogP contribution is 2.29. The van der Waals surface area contributed by atoms with E-state index >= 15 is 0 Å². The summed E-state index contributed by atoms with van der Waals surface area (Å²) in [6, 6.07) is 2.19. The lowest BCUT2D eigenvalue weighted by atomic mass is 10.1. The molecule has 1 aliphatic rings. The molecule has 104 valence electrons. The Bertz CT molecular complexity index is 468. The number of rotatable bonds is 3. The van der Waals surface area contributed by atoms with Crippen LogP contribution in [0, 0.1) is 5.82 Å². The predicted octanol–water partition coefficient (Wildman–Crippen LogP) is 3.21. The van der Waals surface area contributed by atoms with Crippen molar-refractivity contribution in [3.63, 3.8) is 0 Å². The molecule has 1 fully saturated rings. The van der Waals surface area contributed by atoms with Gasteiger partial charge >= 0.3 is 5.97 Å². The first-order valence-electron chi connectivity index (χ1n) is 6.57. The van der Waals surface area contributed by atoms with E-state index in [9.17, 15) is 9.18 Å². The zero-order valence-electron chi connectivity index (χ0n) is 10.7. The van der Waals surface area contributed by atoms with Gasteiger partial charge < -0.3 is 15.6 Å². The average Bonchev–Trinajstić information content (AvgIpc) is 2.61. The van der Waals surface area contributed by atoms with Crippen LogP contribution in [-0.4, -0.2) is 17.2 Å². The summed E-state index contributed by atoms with van der Waals surface area (Å²) in [5.74, 6) is -1.90. The maximum Gasteiger partial charge on any atom is 0.338 e. The Kier molecular flexibility index (Phi) is 4.24. The molecule has 4 nitrogen and oxygen atoms in total. The van der Waals surface area contributed by atoms with Gasteiger partial charge in [-0.3, -0.25) is 0 Å². The van der Waals surface area contributed by atoms with Gasteiger partial charge in [0.1, 0.15) is 11.6 Å². The molecule has 1 aromatic carbocycles. The lowest BCUT2D eigenvalue weighted by Crippen LogP contribution is -2.16. The van der Waals surface area contributed by atoms with E-state index in [1.807, 2.05) is 0 Å². The Labute approximate surface area is 111 Å². The smallest absolute Gasteiger partial charge is 0.338 e. The minimum absolute atomic E-state index is 0.0416. The SMILES string of the molecule is Nc1cc(C(=O)O)c(F)cc1OC1CCCCCC1. The molecule has 0 saturated heterocycles. The summed E-state index contributed by atoms with van der Waals surface area (Å²) in [5, 5.41) is 8.80. The minimum Gasteiger partial charge on any atom is -0.488 e. The number of hydrogen-bond acceptors (Lipinski definition) is 3. The maximum absolute atomic E-state index is 13.6. The van der Waals surface area contributed by atoms with Crippen molar-refractivity contribution in [3.8, 4) is 5.75 Å². The predicted molar refractivity (Wildman–Crippen MR) is 69.9 cm³/mol. The molecule has 0 aromatic heterocycles. The number of anilines is 1. The van der Waals surface area contributed by atoms with Crippen LogP contribution in [0.3, 0.4) is 0 Å². The summed E-state index contributed by atoms with van der Waals surface area (Å²) in [6.07, 6.45) is 6.49. The molecule has 2 rings (SSSR count). The molecule has 0 bridgehead atoms. The summed E-state index contributed by atoms with van der Waals surface area (Å²) in [7, 11) is 0. The summed E-state index contributed by atoms with van der Waals surface area (Å²) in [4.78, 5) is 10.8. The van der Waals surface area contributed by atoms with E-state index in [0.717, 1.165) is 37.8 Å². The number of carboxylic acids is 1. The van der Waals surface area contributed by atoms with Gasteiger partial charge in [-0.05, 0) is 31.7 Å². The highest BCUT2D eigenvalue weighted by atomic mass is 19.1. The average molecular weight is 267 g/mol. The van der Waals surface area contributed by atoms with Crippen LogP contribution in [0.4, 0.5) is 10.1 Å². The Morgan fingerprint density at radius 2 is 1.89 bits per heavy atom. The standard InChI is InChI=1S/C14H18FNO3/c15-11-8-13(12(16)7-10(11)14(17)18)19-9-5-3-1-2-4-6-9/h7-9H,1-6,16H2,(H,17,18). The second kappa shape index (κ2) is 5.91. The first-order chi connectivity index (χ1) is 9.08. The molecule has 0 radical (unpaired) electrons. The number of carbonyl (C=O) groups is 1. The van der Waals surface area contributed by atoms with Gasteiger partial charge in [-0.25, -0.2) is 9.18 Å². The topological polar surface area (TPSA) is 72.6 Å². The van der Waals surface area contributed by atoms with Crippen molar-refractivity contribution in [2.75, 3.05) is 5.73 Å². The zero-order chi connectivity index (χ0) is 13.8. The van der Waals surface area contributed by atoms with E-state index in [4.69, 9.17) is 15.6 Å². The number of halogens is 1. The number of aromatic carboxylic acids is 1. The number of ether oxygens (including phenoxy) is 1. The van der Waals surface area contributed by atoms with Gasteiger partial charge in [0.25, 0.3) is 0 Å². The third-order valence-electron chi connectivity index (χ3n) is 3.43. The normalized spacial score (nSPS) is 16.9. The van der Waals surface area contributed by atoms with Crippen LogP contribution < -0.4 is 10.5 Å². The van der Waals surface area contributed by atoms with Crippen LogP contribution in [0.5, 0.6) is 5.75 Å². The van der Waals surface area contributed by atoms with E-state index in [0.29, 0.717) is 0 Å². The minimum atomic E-state index is -1.33. The molecule has 0 atom stereocenters. The molecule has 5 heteroatoms. The van der Waals surface area contributed by atoms with E-state index in [2.05, 4.69) is 0 Å². The Morgan fingerprint density at radius 1 is 1.26 bits per heavy atom.